The minimum atomic E-state index is -0.818. The number of carbonyl (C=O) groups is 1. The number of allylic oxidation sites excluding steroid dienone is 1. The fourth-order valence-corrected chi connectivity index (χ4v) is 7.00. The van der Waals surface area contributed by atoms with E-state index in [-0.39, 0.29) is 12.2 Å². The largest absolute Gasteiger partial charge is 0.493 e. The van der Waals surface area contributed by atoms with Crippen molar-refractivity contribution in [2.24, 2.45) is 4.99 Å². The molecule has 0 saturated heterocycles. The van der Waals surface area contributed by atoms with Crippen LogP contribution in [0.3, 0.4) is 0 Å². The molecular formula is C36H35N3O5S. The van der Waals surface area contributed by atoms with Crippen LogP contribution in [0.1, 0.15) is 49.1 Å². The summed E-state index contributed by atoms with van der Waals surface area (Å²) in [5.41, 5.74) is 5.57. The van der Waals surface area contributed by atoms with Crippen LogP contribution in [0.25, 0.3) is 17.0 Å². The van der Waals surface area contributed by atoms with E-state index in [9.17, 15) is 9.59 Å². The smallest absolute Gasteiger partial charge is 0.338 e. The van der Waals surface area contributed by atoms with Crippen LogP contribution in [-0.2, 0) is 16.1 Å². The van der Waals surface area contributed by atoms with Gasteiger partial charge >= 0.3 is 5.97 Å². The molecule has 9 heteroatoms. The highest BCUT2D eigenvalue weighted by molar-refractivity contribution is 7.07. The number of hydrogen-bond acceptors (Lipinski definition) is 7. The van der Waals surface area contributed by atoms with Crippen molar-refractivity contribution >= 4 is 34.3 Å². The predicted octanol–water partition coefficient (Wildman–Crippen LogP) is 5.52. The van der Waals surface area contributed by atoms with Crippen LogP contribution in [0, 0.1) is 6.92 Å². The number of hydrogen-bond donors (Lipinski definition) is 0. The van der Waals surface area contributed by atoms with Crippen molar-refractivity contribution in [3.8, 4) is 11.5 Å². The molecule has 0 N–H and O–H groups in total. The van der Waals surface area contributed by atoms with Gasteiger partial charge in [0.1, 0.15) is 6.04 Å². The summed E-state index contributed by atoms with van der Waals surface area (Å²) in [5, 5.41) is 1.04. The van der Waals surface area contributed by atoms with Gasteiger partial charge in [-0.1, -0.05) is 71.5 Å². The first-order valence-electron chi connectivity index (χ1n) is 15.0. The molecule has 2 aromatic heterocycles. The average Bonchev–Trinajstić information content (AvgIpc) is 3.53. The van der Waals surface area contributed by atoms with Gasteiger partial charge in [-0.2, -0.15) is 0 Å². The fraction of sp³-hybridized carbons (Fsp3) is 0.250. The summed E-state index contributed by atoms with van der Waals surface area (Å²) in [5.74, 6) is 0.455. The molecule has 1 atom stereocenters. The van der Waals surface area contributed by atoms with Crippen molar-refractivity contribution in [2.45, 2.75) is 40.3 Å². The van der Waals surface area contributed by atoms with Crippen molar-refractivity contribution in [2.75, 3.05) is 20.3 Å². The Hall–Kier alpha value is -4.89. The van der Waals surface area contributed by atoms with Gasteiger partial charge in [0.25, 0.3) is 5.56 Å². The topological polar surface area (TPSA) is 84.1 Å². The second kappa shape index (κ2) is 12.6. The van der Waals surface area contributed by atoms with Gasteiger partial charge in [0.2, 0.25) is 0 Å². The lowest BCUT2D eigenvalue weighted by Crippen LogP contribution is -2.40. The zero-order valence-corrected chi connectivity index (χ0v) is 26.8. The minimum absolute atomic E-state index is 0.190. The molecule has 8 nitrogen and oxygen atoms in total. The number of ether oxygens (including phenoxy) is 3. The third kappa shape index (κ3) is 5.60. The van der Waals surface area contributed by atoms with Crippen molar-refractivity contribution < 1.29 is 19.0 Å². The highest BCUT2D eigenvalue weighted by Crippen LogP contribution is 2.40. The van der Waals surface area contributed by atoms with Crippen molar-refractivity contribution in [3.05, 3.63) is 126 Å². The summed E-state index contributed by atoms with van der Waals surface area (Å²) in [6.45, 7) is 8.77. The van der Waals surface area contributed by atoms with Gasteiger partial charge in [0.15, 0.2) is 16.3 Å². The second-order valence-electron chi connectivity index (χ2n) is 10.8. The van der Waals surface area contributed by atoms with Crippen LogP contribution in [0.15, 0.2) is 94.0 Å². The Bertz CT molecular complexity index is 2140. The molecule has 0 unspecified atom stereocenters. The van der Waals surface area contributed by atoms with E-state index in [0.717, 1.165) is 16.5 Å². The quantitative estimate of drug-likeness (QED) is 0.203. The van der Waals surface area contributed by atoms with Crippen LogP contribution >= 0.6 is 11.3 Å². The SMILES string of the molecule is CCOC(=O)C1=C(C)N=c2s/c(=C/c3cn(Cc4cccc(C)c4)c4ccccc34)c(=O)n2[C@@H]1c1cccc(OC)c1OCC. The van der Waals surface area contributed by atoms with Gasteiger partial charge in [-0.3, -0.25) is 9.36 Å². The Morgan fingerprint density at radius 2 is 1.82 bits per heavy atom. The first-order valence-corrected chi connectivity index (χ1v) is 15.8. The molecule has 0 aliphatic carbocycles. The van der Waals surface area contributed by atoms with Gasteiger partial charge in [0.05, 0.1) is 36.1 Å². The summed E-state index contributed by atoms with van der Waals surface area (Å²) < 4.78 is 21.4. The Morgan fingerprint density at radius 3 is 2.58 bits per heavy atom. The zero-order valence-electron chi connectivity index (χ0n) is 26.0. The Morgan fingerprint density at radius 1 is 1.02 bits per heavy atom. The third-order valence-electron chi connectivity index (χ3n) is 7.87. The lowest BCUT2D eigenvalue weighted by molar-refractivity contribution is -0.139. The predicted molar refractivity (Wildman–Crippen MR) is 177 cm³/mol. The molecule has 1 aliphatic heterocycles. The average molecular weight is 622 g/mol. The van der Waals surface area contributed by atoms with E-state index in [1.165, 1.54) is 22.5 Å². The number of rotatable bonds is 9. The van der Waals surface area contributed by atoms with Crippen molar-refractivity contribution in [1.82, 2.24) is 9.13 Å². The summed E-state index contributed by atoms with van der Waals surface area (Å²) in [6.07, 6.45) is 4.02. The number of para-hydroxylation sites is 2. The standard InChI is InChI=1S/C36H35N3O5S/c1-6-43-33-27(15-11-17-29(33)42-5)32-31(35(41)44-7-2)23(4)37-36-39(32)34(40)30(45-36)19-25-21-38(28-16-9-8-14-26(25)28)20-24-13-10-12-22(3)18-24/h8-19,21,32H,6-7,20H2,1-5H3/b30-19+/t32-/m1/s1. The lowest BCUT2D eigenvalue weighted by Gasteiger charge is -2.26. The van der Waals surface area contributed by atoms with Crippen LogP contribution < -0.4 is 24.4 Å². The number of nitrogens with zero attached hydrogens (tertiary/aromatic N) is 3. The van der Waals surface area contributed by atoms with E-state index in [2.05, 4.69) is 54.1 Å². The molecule has 1 aliphatic rings. The molecule has 6 rings (SSSR count). The molecule has 45 heavy (non-hydrogen) atoms. The Balaban J connectivity index is 1.55. The summed E-state index contributed by atoms with van der Waals surface area (Å²) >= 11 is 1.30. The van der Waals surface area contributed by atoms with E-state index in [0.29, 0.717) is 50.8 Å². The number of carbonyl (C=O) groups excluding carboxylic acids is 1. The zero-order chi connectivity index (χ0) is 31.7. The van der Waals surface area contributed by atoms with Gasteiger partial charge in [0, 0.05) is 34.8 Å². The van der Waals surface area contributed by atoms with Crippen LogP contribution in [0.5, 0.6) is 11.5 Å². The number of fused-ring (bicyclic) bond motifs is 2. The van der Waals surface area contributed by atoms with E-state index >= 15 is 0 Å². The van der Waals surface area contributed by atoms with E-state index in [1.54, 1.807) is 31.6 Å². The molecular weight excluding hydrogens is 586 g/mol. The molecule has 5 aromatic rings. The minimum Gasteiger partial charge on any atom is -0.493 e. The van der Waals surface area contributed by atoms with Gasteiger partial charge < -0.3 is 18.8 Å². The highest BCUT2D eigenvalue weighted by Gasteiger charge is 2.36. The molecule has 0 radical (unpaired) electrons. The maximum absolute atomic E-state index is 14.4. The number of thiazole rings is 1. The number of aryl methyl sites for hydroxylation is 1. The summed E-state index contributed by atoms with van der Waals surface area (Å²) in [6, 6.07) is 21.3. The summed E-state index contributed by atoms with van der Waals surface area (Å²) in [7, 11) is 1.57. The molecule has 3 heterocycles. The highest BCUT2D eigenvalue weighted by atomic mass is 32.1. The molecule has 0 fully saturated rings. The number of benzene rings is 3. The number of aromatic nitrogens is 2. The van der Waals surface area contributed by atoms with Crippen LogP contribution in [0.2, 0.25) is 0 Å². The maximum Gasteiger partial charge on any atom is 0.338 e. The van der Waals surface area contributed by atoms with Gasteiger partial charge in [-0.25, -0.2) is 9.79 Å². The maximum atomic E-state index is 14.4. The molecule has 0 bridgehead atoms. The second-order valence-corrected chi connectivity index (χ2v) is 11.8. The van der Waals surface area contributed by atoms with Crippen molar-refractivity contribution in [1.29, 1.82) is 0 Å². The van der Waals surface area contributed by atoms with Crippen molar-refractivity contribution in [3.63, 3.8) is 0 Å². The Labute approximate surface area is 265 Å². The van der Waals surface area contributed by atoms with E-state index in [1.807, 2.05) is 37.3 Å². The Kier molecular flexibility index (Phi) is 8.45. The normalized spacial score (nSPS) is 14.8. The van der Waals surface area contributed by atoms with E-state index < -0.39 is 12.0 Å². The fourth-order valence-electron chi connectivity index (χ4n) is 5.96. The molecule has 0 amide bonds. The third-order valence-corrected chi connectivity index (χ3v) is 8.85. The molecule has 0 saturated carbocycles. The van der Waals surface area contributed by atoms with Crippen LogP contribution in [0.4, 0.5) is 0 Å². The monoisotopic (exact) mass is 621 g/mol. The molecule has 230 valence electrons. The van der Waals surface area contributed by atoms with Gasteiger partial charge in [-0.15, -0.1) is 0 Å². The first kappa shape index (κ1) is 30.1. The number of esters is 1. The number of methoxy groups -OCH3 is 1. The van der Waals surface area contributed by atoms with E-state index in [4.69, 9.17) is 19.2 Å². The summed E-state index contributed by atoms with van der Waals surface area (Å²) in [4.78, 5) is 33.0. The molecule has 3 aromatic carbocycles. The van der Waals surface area contributed by atoms with Crippen LogP contribution in [-0.4, -0.2) is 35.4 Å². The lowest BCUT2D eigenvalue weighted by atomic mass is 9.94. The van der Waals surface area contributed by atoms with Gasteiger partial charge in [-0.05, 0) is 51.5 Å². The molecule has 0 spiro atoms. The first-order chi connectivity index (χ1) is 21.8.